The Bertz CT molecular complexity index is 1690. The van der Waals surface area contributed by atoms with Gasteiger partial charge < -0.3 is 16.0 Å². The first kappa shape index (κ1) is 23.2. The fourth-order valence-electron chi connectivity index (χ4n) is 4.48. The lowest BCUT2D eigenvalue weighted by Crippen LogP contribution is -2.30. The van der Waals surface area contributed by atoms with Crippen molar-refractivity contribution in [2.45, 2.75) is 13.0 Å². The highest BCUT2D eigenvalue weighted by atomic mass is 35.5. The molecule has 0 saturated carbocycles. The van der Waals surface area contributed by atoms with Crippen LogP contribution in [0.15, 0.2) is 71.8 Å². The largest absolute Gasteiger partial charge is 0.384 e. The summed E-state index contributed by atoms with van der Waals surface area (Å²) in [6, 6.07) is 17.0. The molecule has 1 aliphatic rings. The minimum Gasteiger partial charge on any atom is -0.384 e. The topological polar surface area (TPSA) is 115 Å². The van der Waals surface area contributed by atoms with Crippen LogP contribution in [0.5, 0.6) is 0 Å². The number of benzene rings is 2. The Kier molecular flexibility index (Phi) is 5.86. The number of fused-ring (bicyclic) bond motifs is 2. The van der Waals surface area contributed by atoms with Crippen molar-refractivity contribution in [1.29, 1.82) is 0 Å². The van der Waals surface area contributed by atoms with E-state index < -0.39 is 5.69 Å². The molecule has 0 amide bonds. The monoisotopic (exact) mass is 530 g/mol. The molecule has 6 rings (SSSR count). The molecule has 4 heterocycles. The third kappa shape index (κ3) is 4.32. The molecule has 0 unspecified atom stereocenters. The predicted molar refractivity (Wildman–Crippen MR) is 146 cm³/mol. The summed E-state index contributed by atoms with van der Waals surface area (Å²) < 4.78 is 1.17. The van der Waals surface area contributed by atoms with Crippen LogP contribution in [-0.4, -0.2) is 31.0 Å². The van der Waals surface area contributed by atoms with E-state index in [2.05, 4.69) is 42.3 Å². The highest BCUT2D eigenvalue weighted by Gasteiger charge is 2.19. The van der Waals surface area contributed by atoms with Crippen molar-refractivity contribution in [2.75, 3.05) is 22.5 Å². The fraction of sp³-hybridized carbons (Fsp3) is 0.115. The Balaban J connectivity index is 1.28. The van der Waals surface area contributed by atoms with Crippen LogP contribution in [0, 0.1) is 0 Å². The summed E-state index contributed by atoms with van der Waals surface area (Å²) in [6.45, 7) is 1.68. The van der Waals surface area contributed by atoms with Gasteiger partial charge in [0.15, 0.2) is 5.65 Å². The number of aromatic nitrogens is 5. The van der Waals surface area contributed by atoms with Gasteiger partial charge in [-0.1, -0.05) is 41.4 Å². The molecule has 0 saturated heterocycles. The highest BCUT2D eigenvalue weighted by molar-refractivity contribution is 6.37. The van der Waals surface area contributed by atoms with Crippen LogP contribution in [0.25, 0.3) is 16.7 Å². The number of hydrogen-bond donors (Lipinski definition) is 2. The average molecular weight is 531 g/mol. The minimum absolute atomic E-state index is 0.0998. The van der Waals surface area contributed by atoms with Gasteiger partial charge >= 0.3 is 5.69 Å². The van der Waals surface area contributed by atoms with Gasteiger partial charge in [0.1, 0.15) is 11.6 Å². The summed E-state index contributed by atoms with van der Waals surface area (Å²) in [4.78, 5) is 32.5. The van der Waals surface area contributed by atoms with E-state index >= 15 is 0 Å². The summed E-state index contributed by atoms with van der Waals surface area (Å²) >= 11 is 12.6. The van der Waals surface area contributed by atoms with Crippen molar-refractivity contribution in [3.8, 4) is 5.69 Å². The van der Waals surface area contributed by atoms with Crippen LogP contribution in [-0.2, 0) is 13.0 Å². The van der Waals surface area contributed by atoms with E-state index in [1.165, 1.54) is 21.9 Å². The van der Waals surface area contributed by atoms with Crippen molar-refractivity contribution in [1.82, 2.24) is 24.5 Å². The first-order valence-electron chi connectivity index (χ1n) is 11.5. The third-order valence-corrected chi connectivity index (χ3v) is 6.90. The summed E-state index contributed by atoms with van der Waals surface area (Å²) in [6.07, 6.45) is 4.23. The number of nitrogens with zero attached hydrogens (tertiary/aromatic N) is 6. The lowest BCUT2D eigenvalue weighted by Gasteiger charge is -2.30. The van der Waals surface area contributed by atoms with Gasteiger partial charge in [-0.3, -0.25) is 0 Å². The van der Waals surface area contributed by atoms with Crippen LogP contribution in [0.1, 0.15) is 11.1 Å². The molecule has 0 fully saturated rings. The van der Waals surface area contributed by atoms with Crippen molar-refractivity contribution in [3.63, 3.8) is 0 Å². The van der Waals surface area contributed by atoms with Crippen LogP contribution in [0.3, 0.4) is 0 Å². The molecule has 0 atom stereocenters. The van der Waals surface area contributed by atoms with Crippen molar-refractivity contribution in [3.05, 3.63) is 98.6 Å². The molecule has 5 aromatic rings. The van der Waals surface area contributed by atoms with Crippen molar-refractivity contribution < 1.29 is 0 Å². The lowest BCUT2D eigenvalue weighted by molar-refractivity contribution is 0.721. The number of pyridine rings is 1. The van der Waals surface area contributed by atoms with Gasteiger partial charge in [0.25, 0.3) is 0 Å². The van der Waals surface area contributed by atoms with E-state index in [1.54, 1.807) is 18.2 Å². The van der Waals surface area contributed by atoms with Gasteiger partial charge in [-0.2, -0.15) is 9.97 Å². The molecule has 0 spiro atoms. The Morgan fingerprint density at radius 1 is 0.946 bits per heavy atom. The highest BCUT2D eigenvalue weighted by Crippen LogP contribution is 2.31. The number of nitrogens with two attached hydrogens (primary N) is 1. The lowest BCUT2D eigenvalue weighted by atomic mass is 9.99. The second-order valence-electron chi connectivity index (χ2n) is 8.58. The van der Waals surface area contributed by atoms with E-state index in [9.17, 15) is 4.79 Å². The smallest absolute Gasteiger partial charge is 0.355 e. The molecule has 11 heteroatoms. The molecule has 37 heavy (non-hydrogen) atoms. The molecule has 9 nitrogen and oxygen atoms in total. The normalized spacial score (nSPS) is 13.0. The first-order chi connectivity index (χ1) is 18.0. The molecular formula is C26H20Cl2N8O. The number of nitrogens with one attached hydrogen (secondary N) is 1. The maximum atomic E-state index is 12.9. The first-order valence-corrected chi connectivity index (χ1v) is 12.3. The van der Waals surface area contributed by atoms with Crippen LogP contribution >= 0.6 is 23.2 Å². The van der Waals surface area contributed by atoms with Gasteiger partial charge in [0, 0.05) is 31.2 Å². The van der Waals surface area contributed by atoms with E-state index in [-0.39, 0.29) is 27.2 Å². The van der Waals surface area contributed by atoms with Gasteiger partial charge in [-0.15, -0.1) is 0 Å². The van der Waals surface area contributed by atoms with Crippen molar-refractivity contribution in [2.24, 2.45) is 0 Å². The van der Waals surface area contributed by atoms with Crippen LogP contribution in [0.2, 0.25) is 10.0 Å². The fourth-order valence-corrected chi connectivity index (χ4v) is 5.04. The zero-order valence-corrected chi connectivity index (χ0v) is 20.9. The van der Waals surface area contributed by atoms with Crippen molar-refractivity contribution >= 4 is 57.5 Å². The van der Waals surface area contributed by atoms with Gasteiger partial charge in [0.05, 0.1) is 21.1 Å². The molecule has 3 N–H and O–H groups in total. The van der Waals surface area contributed by atoms with Gasteiger partial charge in [0.2, 0.25) is 5.95 Å². The van der Waals surface area contributed by atoms with Crippen LogP contribution in [0.4, 0.5) is 23.3 Å². The van der Waals surface area contributed by atoms with Gasteiger partial charge in [-0.05, 0) is 53.9 Å². The zero-order valence-electron chi connectivity index (χ0n) is 19.4. The molecule has 0 aliphatic carbocycles. The number of anilines is 4. The maximum absolute atomic E-state index is 12.9. The standard InChI is InChI=1S/C26H20Cl2N8O/c27-19-4-3-5-20(28)22(19)36-23(29)18-13-31-25(33-24(18)34-26(36)37)32-17-8-7-16-14-35(11-9-15(16)12-17)21-6-1-2-10-30-21/h1-8,10,12-13H,9,11,14,29H2,(H,32,33,34,37). The van der Waals surface area contributed by atoms with E-state index in [1.807, 2.05) is 30.5 Å². The molecule has 184 valence electrons. The number of hydrogen-bond acceptors (Lipinski definition) is 8. The average Bonchev–Trinajstić information content (AvgIpc) is 2.90. The summed E-state index contributed by atoms with van der Waals surface area (Å²) in [5.41, 5.74) is 9.45. The second kappa shape index (κ2) is 9.34. The van der Waals surface area contributed by atoms with E-state index in [0.29, 0.717) is 11.3 Å². The number of halogens is 2. The summed E-state index contributed by atoms with van der Waals surface area (Å²) in [5.74, 6) is 1.38. The Morgan fingerprint density at radius 3 is 2.57 bits per heavy atom. The Hall–Kier alpha value is -4.21. The molecule has 0 bridgehead atoms. The quantitative estimate of drug-likeness (QED) is 0.341. The minimum atomic E-state index is -0.643. The SMILES string of the molecule is Nc1c2cnc(Nc3ccc4c(c3)CCN(c3ccccn3)C4)nc2nc(=O)n1-c1c(Cl)cccc1Cl. The summed E-state index contributed by atoms with van der Waals surface area (Å²) in [5, 5.41) is 4.17. The third-order valence-electron chi connectivity index (χ3n) is 6.29. The summed E-state index contributed by atoms with van der Waals surface area (Å²) in [7, 11) is 0. The van der Waals surface area contributed by atoms with E-state index in [0.717, 1.165) is 31.0 Å². The van der Waals surface area contributed by atoms with Gasteiger partial charge in [-0.25, -0.2) is 19.3 Å². The Morgan fingerprint density at radius 2 is 1.78 bits per heavy atom. The van der Waals surface area contributed by atoms with Crippen LogP contribution < -0.4 is 21.6 Å². The molecule has 1 aliphatic heterocycles. The van der Waals surface area contributed by atoms with E-state index in [4.69, 9.17) is 28.9 Å². The number of rotatable bonds is 4. The maximum Gasteiger partial charge on any atom is 0.355 e. The molecule has 2 aromatic carbocycles. The number of para-hydroxylation sites is 1. The molecular weight excluding hydrogens is 511 g/mol. The number of nitrogen functional groups attached to an aromatic ring is 1. The Labute approximate surface area is 221 Å². The zero-order chi connectivity index (χ0) is 25.5. The molecule has 0 radical (unpaired) electrons. The molecule has 3 aromatic heterocycles. The predicted octanol–water partition coefficient (Wildman–Crippen LogP) is 4.77. The second-order valence-corrected chi connectivity index (χ2v) is 9.40.